The first-order valence-electron chi connectivity index (χ1n) is 5.32. The summed E-state index contributed by atoms with van der Waals surface area (Å²) < 4.78 is 0. The Labute approximate surface area is 83.7 Å². The van der Waals surface area contributed by atoms with Gasteiger partial charge in [-0.1, -0.05) is 27.7 Å². The standard InChI is InChI=1S/C11H26N2/c1-9(2)7-12-8-11(10(3)4)13(5)6/h9-12H,7-8H2,1-6H3. The highest BCUT2D eigenvalue weighted by Crippen LogP contribution is 2.05. The molecule has 0 radical (unpaired) electrons. The molecule has 0 amide bonds. The number of rotatable bonds is 6. The molecule has 0 aliphatic heterocycles. The average molecular weight is 186 g/mol. The van der Waals surface area contributed by atoms with Crippen LogP contribution >= 0.6 is 0 Å². The topological polar surface area (TPSA) is 15.3 Å². The molecule has 0 heterocycles. The molecule has 1 atom stereocenters. The van der Waals surface area contributed by atoms with E-state index in [1.807, 2.05) is 0 Å². The number of nitrogens with one attached hydrogen (secondary N) is 1. The fraction of sp³-hybridized carbons (Fsp3) is 1.00. The monoisotopic (exact) mass is 186 g/mol. The number of nitrogens with zero attached hydrogens (tertiary/aromatic N) is 1. The van der Waals surface area contributed by atoms with Gasteiger partial charge in [0.25, 0.3) is 0 Å². The molecule has 13 heavy (non-hydrogen) atoms. The van der Waals surface area contributed by atoms with E-state index in [-0.39, 0.29) is 0 Å². The predicted molar refractivity (Wildman–Crippen MR) is 60.0 cm³/mol. The molecule has 0 aromatic heterocycles. The zero-order chi connectivity index (χ0) is 10.4. The highest BCUT2D eigenvalue weighted by molar-refractivity contribution is 4.72. The smallest absolute Gasteiger partial charge is 0.0237 e. The molecule has 2 heteroatoms. The molecular weight excluding hydrogens is 160 g/mol. The van der Waals surface area contributed by atoms with E-state index in [4.69, 9.17) is 0 Å². The van der Waals surface area contributed by atoms with Crippen molar-refractivity contribution in [3.05, 3.63) is 0 Å². The van der Waals surface area contributed by atoms with Gasteiger partial charge in [0, 0.05) is 12.6 Å². The molecule has 0 fully saturated rings. The summed E-state index contributed by atoms with van der Waals surface area (Å²) in [6.45, 7) is 11.3. The summed E-state index contributed by atoms with van der Waals surface area (Å²) in [5.41, 5.74) is 0. The van der Waals surface area contributed by atoms with Crippen LogP contribution in [0.1, 0.15) is 27.7 Å². The Hall–Kier alpha value is -0.0800. The van der Waals surface area contributed by atoms with Gasteiger partial charge in [-0.25, -0.2) is 0 Å². The van der Waals surface area contributed by atoms with Crippen molar-refractivity contribution in [3.8, 4) is 0 Å². The van der Waals surface area contributed by atoms with Crippen molar-refractivity contribution in [1.29, 1.82) is 0 Å². The van der Waals surface area contributed by atoms with E-state index in [2.05, 4.69) is 52.0 Å². The van der Waals surface area contributed by atoms with Crippen molar-refractivity contribution >= 4 is 0 Å². The maximum atomic E-state index is 3.51. The summed E-state index contributed by atoms with van der Waals surface area (Å²) in [6.07, 6.45) is 0. The normalized spacial score (nSPS) is 14.5. The molecule has 0 rings (SSSR count). The summed E-state index contributed by atoms with van der Waals surface area (Å²) in [5.74, 6) is 1.46. The molecule has 0 saturated carbocycles. The molecule has 0 spiro atoms. The highest BCUT2D eigenvalue weighted by atomic mass is 15.1. The lowest BCUT2D eigenvalue weighted by Crippen LogP contribution is -2.42. The summed E-state index contributed by atoms with van der Waals surface area (Å²) in [6, 6.07) is 0.652. The molecule has 0 bridgehead atoms. The van der Waals surface area contributed by atoms with Crippen LogP contribution in [0.3, 0.4) is 0 Å². The summed E-state index contributed by atoms with van der Waals surface area (Å²) in [7, 11) is 4.31. The van der Waals surface area contributed by atoms with E-state index in [1.165, 1.54) is 0 Å². The van der Waals surface area contributed by atoms with E-state index in [9.17, 15) is 0 Å². The summed E-state index contributed by atoms with van der Waals surface area (Å²) in [4.78, 5) is 2.30. The number of hydrogen-bond acceptors (Lipinski definition) is 2. The average Bonchev–Trinajstić information content (AvgIpc) is 1.95. The fourth-order valence-corrected chi connectivity index (χ4v) is 1.53. The predicted octanol–water partition coefficient (Wildman–Crippen LogP) is 1.82. The van der Waals surface area contributed by atoms with Crippen LogP contribution in [-0.2, 0) is 0 Å². The van der Waals surface area contributed by atoms with Gasteiger partial charge >= 0.3 is 0 Å². The zero-order valence-corrected chi connectivity index (χ0v) is 10.1. The zero-order valence-electron chi connectivity index (χ0n) is 10.1. The molecular formula is C11H26N2. The lowest BCUT2D eigenvalue weighted by Gasteiger charge is -2.28. The van der Waals surface area contributed by atoms with Gasteiger partial charge in [0.05, 0.1) is 0 Å². The maximum absolute atomic E-state index is 3.51. The third-order valence-electron chi connectivity index (χ3n) is 2.34. The van der Waals surface area contributed by atoms with Gasteiger partial charge in [-0.2, -0.15) is 0 Å². The fourth-order valence-electron chi connectivity index (χ4n) is 1.53. The lowest BCUT2D eigenvalue weighted by atomic mass is 10.0. The minimum Gasteiger partial charge on any atom is -0.315 e. The van der Waals surface area contributed by atoms with E-state index in [1.54, 1.807) is 0 Å². The van der Waals surface area contributed by atoms with Gasteiger partial charge in [-0.05, 0) is 32.5 Å². The number of likely N-dealkylation sites (N-methyl/N-ethyl adjacent to an activating group) is 1. The van der Waals surface area contributed by atoms with Gasteiger partial charge < -0.3 is 10.2 Å². The van der Waals surface area contributed by atoms with Crippen molar-refractivity contribution in [1.82, 2.24) is 10.2 Å². The highest BCUT2D eigenvalue weighted by Gasteiger charge is 2.14. The van der Waals surface area contributed by atoms with Crippen LogP contribution in [0.4, 0.5) is 0 Å². The molecule has 80 valence electrons. The third kappa shape index (κ3) is 6.05. The minimum absolute atomic E-state index is 0.652. The molecule has 0 aliphatic carbocycles. The molecule has 1 unspecified atom stereocenters. The van der Waals surface area contributed by atoms with Crippen molar-refractivity contribution in [2.75, 3.05) is 27.2 Å². The Morgan fingerprint density at radius 3 is 1.85 bits per heavy atom. The second-order valence-corrected chi connectivity index (χ2v) is 4.83. The Kier molecular flexibility index (Phi) is 6.35. The van der Waals surface area contributed by atoms with Crippen molar-refractivity contribution in [3.63, 3.8) is 0 Å². The van der Waals surface area contributed by atoms with Gasteiger partial charge in [0.15, 0.2) is 0 Å². The Bertz CT molecular complexity index is 111. The van der Waals surface area contributed by atoms with E-state index >= 15 is 0 Å². The Balaban J connectivity index is 3.70. The molecule has 2 nitrogen and oxygen atoms in total. The molecule has 1 N–H and O–H groups in total. The second-order valence-electron chi connectivity index (χ2n) is 4.83. The summed E-state index contributed by atoms with van der Waals surface area (Å²) in [5, 5.41) is 3.51. The Morgan fingerprint density at radius 2 is 1.54 bits per heavy atom. The first kappa shape index (κ1) is 12.9. The van der Waals surface area contributed by atoms with Crippen molar-refractivity contribution in [2.24, 2.45) is 11.8 Å². The third-order valence-corrected chi connectivity index (χ3v) is 2.34. The van der Waals surface area contributed by atoms with Crippen LogP contribution in [0.2, 0.25) is 0 Å². The second kappa shape index (κ2) is 6.39. The van der Waals surface area contributed by atoms with Crippen LogP contribution in [-0.4, -0.2) is 38.1 Å². The molecule has 0 aromatic carbocycles. The van der Waals surface area contributed by atoms with Crippen LogP contribution < -0.4 is 5.32 Å². The van der Waals surface area contributed by atoms with Crippen LogP contribution in [0, 0.1) is 11.8 Å². The van der Waals surface area contributed by atoms with Gasteiger partial charge in [-0.15, -0.1) is 0 Å². The molecule has 0 saturated heterocycles. The minimum atomic E-state index is 0.652. The first-order valence-corrected chi connectivity index (χ1v) is 5.32. The van der Waals surface area contributed by atoms with Crippen LogP contribution in [0.5, 0.6) is 0 Å². The largest absolute Gasteiger partial charge is 0.315 e. The van der Waals surface area contributed by atoms with Gasteiger partial charge in [0.1, 0.15) is 0 Å². The van der Waals surface area contributed by atoms with Crippen LogP contribution in [0.25, 0.3) is 0 Å². The van der Waals surface area contributed by atoms with Crippen molar-refractivity contribution in [2.45, 2.75) is 33.7 Å². The van der Waals surface area contributed by atoms with E-state index < -0.39 is 0 Å². The lowest BCUT2D eigenvalue weighted by molar-refractivity contribution is 0.223. The van der Waals surface area contributed by atoms with Crippen LogP contribution in [0.15, 0.2) is 0 Å². The Morgan fingerprint density at radius 1 is 1.00 bits per heavy atom. The SMILES string of the molecule is CC(C)CNCC(C(C)C)N(C)C. The molecule has 0 aliphatic rings. The van der Waals surface area contributed by atoms with Gasteiger partial charge in [0.2, 0.25) is 0 Å². The van der Waals surface area contributed by atoms with Crippen molar-refractivity contribution < 1.29 is 0 Å². The first-order chi connectivity index (χ1) is 5.95. The molecule has 0 aromatic rings. The maximum Gasteiger partial charge on any atom is 0.0237 e. The summed E-state index contributed by atoms with van der Waals surface area (Å²) >= 11 is 0. The number of hydrogen-bond donors (Lipinski definition) is 1. The quantitative estimate of drug-likeness (QED) is 0.680. The van der Waals surface area contributed by atoms with E-state index in [0.29, 0.717) is 6.04 Å². The van der Waals surface area contributed by atoms with Gasteiger partial charge in [-0.3, -0.25) is 0 Å². The van der Waals surface area contributed by atoms with E-state index in [0.717, 1.165) is 24.9 Å².